The molecule has 0 bridgehead atoms. The molecule has 150 valence electrons. The second-order valence-corrected chi connectivity index (χ2v) is 7.45. The first-order valence-electron chi connectivity index (χ1n) is 9.39. The summed E-state index contributed by atoms with van der Waals surface area (Å²) in [5, 5.41) is 14.2. The third-order valence-electron chi connectivity index (χ3n) is 4.78. The average Bonchev–Trinajstić information content (AvgIpc) is 3.11. The van der Waals surface area contributed by atoms with Crippen LogP contribution < -0.4 is 10.6 Å². The molecule has 1 heterocycles. The largest absolute Gasteiger partial charge is 0.353 e. The maximum absolute atomic E-state index is 13.5. The van der Waals surface area contributed by atoms with Crippen molar-refractivity contribution in [2.24, 2.45) is 4.99 Å². The van der Waals surface area contributed by atoms with Crippen molar-refractivity contribution in [3.05, 3.63) is 70.8 Å². The third-order valence-corrected chi connectivity index (χ3v) is 5.03. The molecule has 29 heavy (non-hydrogen) atoms. The van der Waals surface area contributed by atoms with E-state index in [0.29, 0.717) is 40.6 Å². The highest BCUT2D eigenvalue weighted by atomic mass is 35.5. The molecule has 0 atom stereocenters. The van der Waals surface area contributed by atoms with Crippen LogP contribution in [0.1, 0.15) is 24.8 Å². The SMILES string of the molecule is Fc1cc(F)cc(-c2cc(NC(=NCc3ccc(Cl)cc3)NC3CCC3)n[nH]2)c1. The molecule has 4 rings (SSSR count). The smallest absolute Gasteiger partial charge is 0.197 e. The number of rotatable bonds is 5. The monoisotopic (exact) mass is 415 g/mol. The fourth-order valence-corrected chi connectivity index (χ4v) is 3.12. The third kappa shape index (κ3) is 5.12. The fraction of sp³-hybridized carbons (Fsp3) is 0.238. The maximum atomic E-state index is 13.5. The fourth-order valence-electron chi connectivity index (χ4n) is 2.99. The predicted octanol–water partition coefficient (Wildman–Crippen LogP) is 5.12. The van der Waals surface area contributed by atoms with E-state index in [1.807, 2.05) is 24.3 Å². The summed E-state index contributed by atoms with van der Waals surface area (Å²) in [6.45, 7) is 0.478. The normalized spacial score (nSPS) is 14.5. The summed E-state index contributed by atoms with van der Waals surface area (Å²) in [6, 6.07) is 12.9. The maximum Gasteiger partial charge on any atom is 0.197 e. The Balaban J connectivity index is 1.50. The molecule has 3 N–H and O–H groups in total. The van der Waals surface area contributed by atoms with Crippen LogP contribution in [-0.4, -0.2) is 22.2 Å². The first kappa shape index (κ1) is 19.4. The number of guanidine groups is 1. The van der Waals surface area contributed by atoms with Gasteiger partial charge in [-0.15, -0.1) is 0 Å². The second kappa shape index (κ2) is 8.61. The van der Waals surface area contributed by atoms with Gasteiger partial charge in [-0.05, 0) is 49.1 Å². The summed E-state index contributed by atoms with van der Waals surface area (Å²) < 4.78 is 27.0. The zero-order chi connectivity index (χ0) is 20.2. The van der Waals surface area contributed by atoms with Gasteiger partial charge in [0.15, 0.2) is 11.8 Å². The van der Waals surface area contributed by atoms with E-state index in [0.717, 1.165) is 24.5 Å². The molecule has 5 nitrogen and oxygen atoms in total. The van der Waals surface area contributed by atoms with Crippen LogP contribution in [0.2, 0.25) is 5.02 Å². The number of anilines is 1. The number of benzene rings is 2. The molecule has 0 radical (unpaired) electrons. The first-order chi connectivity index (χ1) is 14.0. The quantitative estimate of drug-likeness (QED) is 0.400. The van der Waals surface area contributed by atoms with Gasteiger partial charge in [0.25, 0.3) is 0 Å². The van der Waals surface area contributed by atoms with E-state index in [9.17, 15) is 8.78 Å². The summed E-state index contributed by atoms with van der Waals surface area (Å²) in [6.07, 6.45) is 3.38. The molecule has 0 unspecified atom stereocenters. The molecule has 1 aliphatic carbocycles. The van der Waals surface area contributed by atoms with Crippen molar-refractivity contribution in [2.75, 3.05) is 5.32 Å². The van der Waals surface area contributed by atoms with Crippen molar-refractivity contribution in [2.45, 2.75) is 31.8 Å². The van der Waals surface area contributed by atoms with Gasteiger partial charge in [-0.25, -0.2) is 13.8 Å². The molecule has 1 saturated carbocycles. The van der Waals surface area contributed by atoms with E-state index < -0.39 is 11.6 Å². The molecular weight excluding hydrogens is 396 g/mol. The first-order valence-corrected chi connectivity index (χ1v) is 9.77. The number of aromatic nitrogens is 2. The number of halogens is 3. The molecule has 8 heteroatoms. The number of aliphatic imine (C=N–C) groups is 1. The van der Waals surface area contributed by atoms with Crippen LogP contribution >= 0.6 is 11.6 Å². The number of hydrogen-bond acceptors (Lipinski definition) is 2. The van der Waals surface area contributed by atoms with E-state index in [2.05, 4.69) is 25.8 Å². The summed E-state index contributed by atoms with van der Waals surface area (Å²) in [4.78, 5) is 4.63. The Hall–Kier alpha value is -2.93. The number of hydrogen-bond donors (Lipinski definition) is 3. The Labute approximate surface area is 172 Å². The van der Waals surface area contributed by atoms with Crippen molar-refractivity contribution in [1.29, 1.82) is 0 Å². The van der Waals surface area contributed by atoms with Crippen LogP contribution in [0.15, 0.2) is 53.5 Å². The summed E-state index contributed by atoms with van der Waals surface area (Å²) in [5.74, 6) is -0.165. The van der Waals surface area contributed by atoms with E-state index in [1.165, 1.54) is 18.6 Å². The zero-order valence-electron chi connectivity index (χ0n) is 15.6. The van der Waals surface area contributed by atoms with Crippen molar-refractivity contribution < 1.29 is 8.78 Å². The lowest BCUT2D eigenvalue weighted by atomic mass is 9.93. The van der Waals surface area contributed by atoms with E-state index in [4.69, 9.17) is 11.6 Å². The molecule has 1 aliphatic rings. The van der Waals surface area contributed by atoms with Crippen LogP contribution in [0.25, 0.3) is 11.3 Å². The molecular formula is C21H20ClF2N5. The van der Waals surface area contributed by atoms with E-state index in [-0.39, 0.29) is 0 Å². The molecule has 1 fully saturated rings. The van der Waals surface area contributed by atoms with Gasteiger partial charge in [-0.2, -0.15) is 5.10 Å². The topological polar surface area (TPSA) is 65.1 Å². The summed E-state index contributed by atoms with van der Waals surface area (Å²) in [7, 11) is 0. The van der Waals surface area contributed by atoms with Crippen molar-refractivity contribution in [3.8, 4) is 11.3 Å². The van der Waals surface area contributed by atoms with Gasteiger partial charge in [-0.1, -0.05) is 23.7 Å². The van der Waals surface area contributed by atoms with Gasteiger partial charge in [0, 0.05) is 28.8 Å². The summed E-state index contributed by atoms with van der Waals surface area (Å²) in [5.41, 5.74) is 1.92. The van der Waals surface area contributed by atoms with Gasteiger partial charge >= 0.3 is 0 Å². The molecule has 0 aliphatic heterocycles. The van der Waals surface area contributed by atoms with Crippen LogP contribution in [0.3, 0.4) is 0 Å². The van der Waals surface area contributed by atoms with Gasteiger partial charge in [0.1, 0.15) is 11.6 Å². The minimum Gasteiger partial charge on any atom is -0.353 e. The van der Waals surface area contributed by atoms with Gasteiger partial charge in [0.2, 0.25) is 0 Å². The van der Waals surface area contributed by atoms with Crippen LogP contribution in [-0.2, 0) is 6.54 Å². The van der Waals surface area contributed by atoms with E-state index in [1.54, 1.807) is 6.07 Å². The Morgan fingerprint density at radius 2 is 1.83 bits per heavy atom. The minimum absolute atomic E-state index is 0.377. The van der Waals surface area contributed by atoms with Crippen molar-refractivity contribution in [1.82, 2.24) is 15.5 Å². The standard InChI is InChI=1S/C21H20ClF2N5/c22-15-6-4-13(5-7-15)12-25-21(26-18-2-1-3-18)27-20-11-19(28-29-20)14-8-16(23)10-17(24)9-14/h4-11,18H,1-3,12H2,(H3,25,26,27,28,29). The lowest BCUT2D eigenvalue weighted by molar-refractivity contribution is 0.383. The second-order valence-electron chi connectivity index (χ2n) is 7.01. The van der Waals surface area contributed by atoms with E-state index >= 15 is 0 Å². The molecule has 3 aromatic rings. The molecule has 0 amide bonds. The Morgan fingerprint density at radius 3 is 2.48 bits per heavy atom. The molecule has 1 aromatic heterocycles. The van der Waals surface area contributed by atoms with Crippen molar-refractivity contribution >= 4 is 23.4 Å². The predicted molar refractivity (Wildman–Crippen MR) is 111 cm³/mol. The molecule has 0 saturated heterocycles. The van der Waals surface area contributed by atoms with Gasteiger partial charge in [0.05, 0.1) is 12.2 Å². The number of nitrogens with zero attached hydrogens (tertiary/aromatic N) is 2. The zero-order valence-corrected chi connectivity index (χ0v) is 16.3. The summed E-state index contributed by atoms with van der Waals surface area (Å²) >= 11 is 5.93. The van der Waals surface area contributed by atoms with Crippen LogP contribution in [0.4, 0.5) is 14.6 Å². The van der Waals surface area contributed by atoms with Crippen molar-refractivity contribution in [3.63, 3.8) is 0 Å². The Morgan fingerprint density at radius 1 is 1.10 bits per heavy atom. The minimum atomic E-state index is -0.638. The highest BCUT2D eigenvalue weighted by Crippen LogP contribution is 2.22. The average molecular weight is 416 g/mol. The molecule has 2 aromatic carbocycles. The number of nitrogens with one attached hydrogen (secondary N) is 3. The lowest BCUT2D eigenvalue weighted by Crippen LogP contribution is -2.43. The van der Waals surface area contributed by atoms with Gasteiger partial charge < -0.3 is 10.6 Å². The van der Waals surface area contributed by atoms with Crippen LogP contribution in [0, 0.1) is 11.6 Å². The Bertz CT molecular complexity index is 992. The van der Waals surface area contributed by atoms with Gasteiger partial charge in [-0.3, -0.25) is 5.10 Å². The van der Waals surface area contributed by atoms with Crippen LogP contribution in [0.5, 0.6) is 0 Å². The molecule has 0 spiro atoms. The highest BCUT2D eigenvalue weighted by Gasteiger charge is 2.19. The number of aromatic amines is 1. The lowest BCUT2D eigenvalue weighted by Gasteiger charge is -2.28. The Kier molecular flexibility index (Phi) is 5.76. The highest BCUT2D eigenvalue weighted by molar-refractivity contribution is 6.30. The number of H-pyrrole nitrogens is 1.